The van der Waals surface area contributed by atoms with Crippen LogP contribution in [0.5, 0.6) is 0 Å². The largest absolute Gasteiger partial charge is 0.459 e. The highest BCUT2D eigenvalue weighted by atomic mass is 32.1. The molecule has 0 spiro atoms. The van der Waals surface area contributed by atoms with Gasteiger partial charge in [-0.05, 0) is 44.7 Å². The van der Waals surface area contributed by atoms with Gasteiger partial charge in [0.05, 0.1) is 12.2 Å². The number of ether oxygens (including phenoxy) is 1. The molecule has 1 saturated carbocycles. The highest BCUT2D eigenvalue weighted by molar-refractivity contribution is 7.13. The van der Waals surface area contributed by atoms with E-state index in [4.69, 9.17) is 9.15 Å². The van der Waals surface area contributed by atoms with Crippen molar-refractivity contribution < 1.29 is 23.5 Å². The molecule has 32 heavy (non-hydrogen) atoms. The second-order valence-electron chi connectivity index (χ2n) is 8.44. The zero-order chi connectivity index (χ0) is 22.5. The minimum Gasteiger partial charge on any atom is -0.459 e. The quantitative estimate of drug-likeness (QED) is 0.609. The third kappa shape index (κ3) is 5.03. The number of rotatable bonds is 6. The Bertz CT molecular complexity index is 900. The van der Waals surface area contributed by atoms with Crippen LogP contribution in [-0.2, 0) is 14.3 Å². The van der Waals surface area contributed by atoms with E-state index >= 15 is 0 Å². The Balaban J connectivity index is 1.33. The van der Waals surface area contributed by atoms with E-state index in [-0.39, 0.29) is 29.7 Å². The zero-order valence-corrected chi connectivity index (χ0v) is 19.1. The van der Waals surface area contributed by atoms with Crippen LogP contribution in [-0.4, -0.2) is 52.9 Å². The minimum absolute atomic E-state index is 0.0967. The Morgan fingerprint density at radius 3 is 2.56 bits per heavy atom. The number of nitrogens with zero attached hydrogens (tertiary/aromatic N) is 3. The van der Waals surface area contributed by atoms with Gasteiger partial charge in [-0.1, -0.05) is 19.3 Å². The third-order valence-corrected chi connectivity index (χ3v) is 7.06. The molecule has 1 saturated heterocycles. The van der Waals surface area contributed by atoms with Gasteiger partial charge in [-0.15, -0.1) is 11.3 Å². The van der Waals surface area contributed by atoms with Crippen molar-refractivity contribution in [3.63, 3.8) is 0 Å². The molecule has 0 N–H and O–H groups in total. The normalized spacial score (nSPS) is 18.8. The van der Waals surface area contributed by atoms with Gasteiger partial charge in [-0.25, -0.2) is 4.98 Å². The number of piperidine rings is 1. The van der Waals surface area contributed by atoms with Gasteiger partial charge in [0.15, 0.2) is 17.0 Å². The Morgan fingerprint density at radius 2 is 1.94 bits per heavy atom. The standard InChI is InChI=1S/C23H29N3O5S/c1-16(20(27)26(23-24-11-15-32-23)18-6-3-2-4-7-18)31-22(29)17-9-12-25(13-10-17)21(28)19-8-5-14-30-19/h5,8,11,14-18H,2-4,6-7,9-10,12-13H2,1H3. The fourth-order valence-corrected chi connectivity index (χ4v) is 5.21. The molecule has 2 aliphatic rings. The van der Waals surface area contributed by atoms with E-state index in [0.29, 0.717) is 36.8 Å². The highest BCUT2D eigenvalue weighted by Gasteiger charge is 2.35. The van der Waals surface area contributed by atoms with E-state index in [9.17, 15) is 14.4 Å². The number of hydrogen-bond donors (Lipinski definition) is 0. The van der Waals surface area contributed by atoms with E-state index in [1.807, 2.05) is 5.38 Å². The summed E-state index contributed by atoms with van der Waals surface area (Å²) in [6, 6.07) is 3.41. The molecule has 1 aliphatic carbocycles. The lowest BCUT2D eigenvalue weighted by Crippen LogP contribution is -2.48. The Morgan fingerprint density at radius 1 is 1.19 bits per heavy atom. The van der Waals surface area contributed by atoms with Gasteiger partial charge in [-0.2, -0.15) is 0 Å². The van der Waals surface area contributed by atoms with Crippen molar-refractivity contribution in [3.05, 3.63) is 35.7 Å². The number of furan rings is 1. The smallest absolute Gasteiger partial charge is 0.309 e. The topological polar surface area (TPSA) is 92.9 Å². The van der Waals surface area contributed by atoms with Gasteiger partial charge in [0.2, 0.25) is 0 Å². The molecule has 1 atom stereocenters. The number of carbonyl (C=O) groups excluding carboxylic acids is 3. The van der Waals surface area contributed by atoms with Crippen molar-refractivity contribution in [1.29, 1.82) is 0 Å². The first-order valence-corrected chi connectivity index (χ1v) is 12.2. The molecule has 2 aromatic rings. The summed E-state index contributed by atoms with van der Waals surface area (Å²) in [5.41, 5.74) is 0. The first-order chi connectivity index (χ1) is 15.5. The molecular weight excluding hydrogens is 430 g/mol. The summed E-state index contributed by atoms with van der Waals surface area (Å²) < 4.78 is 10.8. The number of esters is 1. The van der Waals surface area contributed by atoms with Crippen LogP contribution in [0.15, 0.2) is 34.4 Å². The van der Waals surface area contributed by atoms with Crippen LogP contribution >= 0.6 is 11.3 Å². The van der Waals surface area contributed by atoms with Crippen molar-refractivity contribution in [2.24, 2.45) is 5.92 Å². The SMILES string of the molecule is CC(OC(=O)C1CCN(C(=O)c2ccco2)CC1)C(=O)N(c1nccs1)C1CCCCC1. The average Bonchev–Trinajstić information content (AvgIpc) is 3.54. The summed E-state index contributed by atoms with van der Waals surface area (Å²) in [6.45, 7) is 2.54. The molecular formula is C23H29N3O5S. The summed E-state index contributed by atoms with van der Waals surface area (Å²) in [5, 5.41) is 2.52. The minimum atomic E-state index is -0.879. The van der Waals surface area contributed by atoms with Crippen molar-refractivity contribution in [2.75, 3.05) is 18.0 Å². The molecule has 8 nitrogen and oxygen atoms in total. The molecule has 9 heteroatoms. The van der Waals surface area contributed by atoms with Gasteiger partial charge in [-0.3, -0.25) is 19.3 Å². The molecule has 0 radical (unpaired) electrons. The van der Waals surface area contributed by atoms with Crippen LogP contribution in [0.2, 0.25) is 0 Å². The van der Waals surface area contributed by atoms with Crippen LogP contribution in [0, 0.1) is 5.92 Å². The number of amides is 2. The van der Waals surface area contributed by atoms with Crippen molar-refractivity contribution in [2.45, 2.75) is 64.0 Å². The summed E-state index contributed by atoms with van der Waals surface area (Å²) >= 11 is 1.43. The second-order valence-corrected chi connectivity index (χ2v) is 9.31. The van der Waals surface area contributed by atoms with E-state index in [1.165, 1.54) is 24.0 Å². The van der Waals surface area contributed by atoms with Crippen LogP contribution in [0.3, 0.4) is 0 Å². The maximum atomic E-state index is 13.3. The Hall–Kier alpha value is -2.68. The van der Waals surface area contributed by atoms with Crippen LogP contribution in [0.1, 0.15) is 62.4 Å². The first kappa shape index (κ1) is 22.5. The van der Waals surface area contributed by atoms with Crippen LogP contribution < -0.4 is 4.90 Å². The number of carbonyl (C=O) groups is 3. The molecule has 1 unspecified atom stereocenters. The Labute approximate surface area is 191 Å². The van der Waals surface area contributed by atoms with E-state index in [2.05, 4.69) is 4.98 Å². The van der Waals surface area contributed by atoms with E-state index in [1.54, 1.807) is 35.1 Å². The Kier molecular flexibility index (Phi) is 7.24. The first-order valence-electron chi connectivity index (χ1n) is 11.3. The van der Waals surface area contributed by atoms with E-state index < -0.39 is 6.10 Å². The maximum Gasteiger partial charge on any atom is 0.309 e. The third-order valence-electron chi connectivity index (χ3n) is 6.29. The van der Waals surface area contributed by atoms with E-state index in [0.717, 1.165) is 25.7 Å². The number of hydrogen-bond acceptors (Lipinski definition) is 7. The number of aromatic nitrogens is 1. The lowest BCUT2D eigenvalue weighted by Gasteiger charge is -2.34. The number of likely N-dealkylation sites (tertiary alicyclic amines) is 1. The van der Waals surface area contributed by atoms with Crippen molar-refractivity contribution in [1.82, 2.24) is 9.88 Å². The average molecular weight is 460 g/mol. The number of anilines is 1. The number of thiazole rings is 1. The predicted molar refractivity (Wildman–Crippen MR) is 119 cm³/mol. The van der Waals surface area contributed by atoms with Gasteiger partial charge in [0.25, 0.3) is 11.8 Å². The lowest BCUT2D eigenvalue weighted by atomic mass is 9.94. The second kappa shape index (κ2) is 10.3. The summed E-state index contributed by atoms with van der Waals surface area (Å²) in [6.07, 6.45) is 8.53. The monoisotopic (exact) mass is 459 g/mol. The van der Waals surface area contributed by atoms with Crippen LogP contribution in [0.25, 0.3) is 0 Å². The zero-order valence-electron chi connectivity index (χ0n) is 18.3. The van der Waals surface area contributed by atoms with Gasteiger partial charge < -0.3 is 14.1 Å². The molecule has 1 aliphatic heterocycles. The molecule has 172 valence electrons. The van der Waals surface area contributed by atoms with Crippen LogP contribution in [0.4, 0.5) is 5.13 Å². The van der Waals surface area contributed by atoms with Gasteiger partial charge in [0, 0.05) is 30.7 Å². The summed E-state index contributed by atoms with van der Waals surface area (Å²) in [4.78, 5) is 46.2. The fourth-order valence-electron chi connectivity index (χ4n) is 4.50. The van der Waals surface area contributed by atoms with Gasteiger partial charge >= 0.3 is 5.97 Å². The van der Waals surface area contributed by atoms with Gasteiger partial charge in [0.1, 0.15) is 0 Å². The highest BCUT2D eigenvalue weighted by Crippen LogP contribution is 2.30. The van der Waals surface area contributed by atoms with Crippen molar-refractivity contribution >= 4 is 34.3 Å². The molecule has 2 amide bonds. The molecule has 2 fully saturated rings. The predicted octanol–water partition coefficient (Wildman–Crippen LogP) is 3.89. The fraction of sp³-hybridized carbons (Fsp3) is 0.565. The molecule has 0 aromatic carbocycles. The molecule has 0 bridgehead atoms. The summed E-state index contributed by atoms with van der Waals surface area (Å²) in [5.74, 6) is -0.787. The molecule has 4 rings (SSSR count). The maximum absolute atomic E-state index is 13.3. The molecule has 2 aromatic heterocycles. The summed E-state index contributed by atoms with van der Waals surface area (Å²) in [7, 11) is 0. The lowest BCUT2D eigenvalue weighted by molar-refractivity contribution is -0.159. The molecule has 3 heterocycles. The van der Waals surface area contributed by atoms with Crippen molar-refractivity contribution in [3.8, 4) is 0 Å².